The fourth-order valence-corrected chi connectivity index (χ4v) is 3.58. The number of allylic oxidation sites excluding steroid dienone is 2. The van der Waals surface area contributed by atoms with Gasteiger partial charge in [-0.1, -0.05) is 12.2 Å². The minimum absolute atomic E-state index is 0.00126. The zero-order chi connectivity index (χ0) is 22.1. The van der Waals surface area contributed by atoms with Crippen molar-refractivity contribution in [3.63, 3.8) is 0 Å². The summed E-state index contributed by atoms with van der Waals surface area (Å²) in [6, 6.07) is 2.19. The number of nitrogens with zero attached hydrogens (tertiary/aromatic N) is 3. The molecule has 1 N–H and O–H groups in total. The number of nitrogens with one attached hydrogen (secondary N) is 1. The van der Waals surface area contributed by atoms with Crippen LogP contribution in [0.15, 0.2) is 18.3 Å². The van der Waals surface area contributed by atoms with E-state index in [2.05, 4.69) is 28.6 Å². The van der Waals surface area contributed by atoms with E-state index in [9.17, 15) is 13.6 Å². The molecule has 1 aromatic rings. The van der Waals surface area contributed by atoms with Crippen molar-refractivity contribution in [1.29, 1.82) is 5.26 Å². The van der Waals surface area contributed by atoms with Gasteiger partial charge in [-0.25, -0.2) is 13.6 Å². The third-order valence-electron chi connectivity index (χ3n) is 5.04. The van der Waals surface area contributed by atoms with Crippen molar-refractivity contribution in [2.75, 3.05) is 5.32 Å². The first-order valence-electron chi connectivity index (χ1n) is 10.6. The van der Waals surface area contributed by atoms with Gasteiger partial charge in [0.05, 0.1) is 17.8 Å². The molecular weight excluding hydrogens is 390 g/mol. The largest absolute Gasteiger partial charge is 0.444 e. The Bertz CT molecular complexity index is 754. The number of carbonyl (C=O) groups is 1. The van der Waals surface area contributed by atoms with Gasteiger partial charge in [-0.2, -0.15) is 10.4 Å². The van der Waals surface area contributed by atoms with E-state index < -0.39 is 23.8 Å². The summed E-state index contributed by atoms with van der Waals surface area (Å²) in [6.07, 6.45) is 9.54. The molecule has 1 saturated carbocycles. The van der Waals surface area contributed by atoms with Gasteiger partial charge >= 0.3 is 6.09 Å². The van der Waals surface area contributed by atoms with Gasteiger partial charge in [0.2, 0.25) is 0 Å². The van der Waals surface area contributed by atoms with E-state index in [0.29, 0.717) is 12.3 Å². The van der Waals surface area contributed by atoms with Crippen molar-refractivity contribution in [2.45, 2.75) is 90.2 Å². The molecule has 0 radical (unpaired) electrons. The molecular formula is C22H32F2N4O2. The molecule has 0 atom stereocenters. The molecule has 1 aliphatic carbocycles. The molecule has 0 aliphatic heterocycles. The molecule has 0 spiro atoms. The summed E-state index contributed by atoms with van der Waals surface area (Å²) in [6.45, 7) is 5.13. The molecule has 0 aromatic carbocycles. The number of anilines is 1. The van der Waals surface area contributed by atoms with Gasteiger partial charge in [0, 0.05) is 12.6 Å². The van der Waals surface area contributed by atoms with Crippen LogP contribution in [0.25, 0.3) is 0 Å². The molecule has 8 heteroatoms. The monoisotopic (exact) mass is 422 g/mol. The Morgan fingerprint density at radius 3 is 2.67 bits per heavy atom. The normalized spacial score (nSPS) is 19.8. The molecule has 166 valence electrons. The maximum Gasteiger partial charge on any atom is 0.412 e. The van der Waals surface area contributed by atoms with Crippen molar-refractivity contribution in [2.24, 2.45) is 5.92 Å². The predicted molar refractivity (Wildman–Crippen MR) is 111 cm³/mol. The lowest BCUT2D eigenvalue weighted by molar-refractivity contribution is 0.0635. The van der Waals surface area contributed by atoms with Crippen molar-refractivity contribution in [3.05, 3.63) is 24.0 Å². The maximum atomic E-state index is 13.4. The van der Waals surface area contributed by atoms with Crippen LogP contribution in [0.1, 0.15) is 90.3 Å². The van der Waals surface area contributed by atoms with Crippen LogP contribution in [-0.2, 0) is 4.74 Å². The Kier molecular flexibility index (Phi) is 8.82. The minimum Gasteiger partial charge on any atom is -0.444 e. The number of hydrogen-bond acceptors (Lipinski definition) is 4. The molecule has 1 fully saturated rings. The smallest absolute Gasteiger partial charge is 0.412 e. The topological polar surface area (TPSA) is 79.9 Å². The van der Waals surface area contributed by atoms with Crippen LogP contribution >= 0.6 is 0 Å². The SMILES string of the molecule is CC(C)(C)OC(=O)Nc1cn(C2CCC(/C=C/CCCCC#N)CC2)nc1C(F)F. The summed E-state index contributed by atoms with van der Waals surface area (Å²) in [4.78, 5) is 12.0. The summed E-state index contributed by atoms with van der Waals surface area (Å²) in [5.41, 5.74) is -1.15. The molecule has 1 aliphatic rings. The number of ether oxygens (including phenoxy) is 1. The second-order valence-corrected chi connectivity index (χ2v) is 8.74. The van der Waals surface area contributed by atoms with E-state index in [4.69, 9.17) is 10.00 Å². The molecule has 0 unspecified atom stereocenters. The molecule has 1 amide bonds. The first-order valence-corrected chi connectivity index (χ1v) is 10.6. The van der Waals surface area contributed by atoms with Crippen LogP contribution in [0.4, 0.5) is 19.3 Å². The van der Waals surface area contributed by atoms with Crippen LogP contribution in [0.3, 0.4) is 0 Å². The number of nitriles is 1. The first-order chi connectivity index (χ1) is 14.2. The summed E-state index contributed by atoms with van der Waals surface area (Å²) in [5.74, 6) is 0.488. The molecule has 2 rings (SSSR count). The lowest BCUT2D eigenvalue weighted by Gasteiger charge is -2.27. The van der Waals surface area contributed by atoms with Gasteiger partial charge in [0.1, 0.15) is 5.60 Å². The summed E-state index contributed by atoms with van der Waals surface area (Å²) >= 11 is 0. The first kappa shape index (κ1) is 23.8. The van der Waals surface area contributed by atoms with Crippen molar-refractivity contribution in [1.82, 2.24) is 9.78 Å². The van der Waals surface area contributed by atoms with Crippen LogP contribution in [0.2, 0.25) is 0 Å². The number of aromatic nitrogens is 2. The summed E-state index contributed by atoms with van der Waals surface area (Å²) < 4.78 is 33.6. The van der Waals surface area contributed by atoms with E-state index in [1.807, 2.05) is 0 Å². The van der Waals surface area contributed by atoms with E-state index in [0.717, 1.165) is 44.9 Å². The molecule has 1 aromatic heterocycles. The maximum absolute atomic E-state index is 13.4. The van der Waals surface area contributed by atoms with E-state index in [1.54, 1.807) is 25.5 Å². The Morgan fingerprint density at radius 2 is 2.07 bits per heavy atom. The lowest BCUT2D eigenvalue weighted by atomic mass is 9.85. The average Bonchev–Trinajstić information content (AvgIpc) is 3.07. The van der Waals surface area contributed by atoms with Crippen LogP contribution in [-0.4, -0.2) is 21.5 Å². The van der Waals surface area contributed by atoms with E-state index in [1.165, 1.54) is 6.20 Å². The second kappa shape index (κ2) is 11.1. The van der Waals surface area contributed by atoms with Gasteiger partial charge in [0.15, 0.2) is 5.69 Å². The Hall–Kier alpha value is -2.43. The van der Waals surface area contributed by atoms with Gasteiger partial charge in [-0.05, 0) is 71.6 Å². The number of unbranched alkanes of at least 4 members (excludes halogenated alkanes) is 3. The van der Waals surface area contributed by atoms with Crippen LogP contribution in [0, 0.1) is 17.2 Å². The summed E-state index contributed by atoms with van der Waals surface area (Å²) in [7, 11) is 0. The Balaban J connectivity index is 1.91. The highest BCUT2D eigenvalue weighted by molar-refractivity contribution is 5.85. The zero-order valence-electron chi connectivity index (χ0n) is 18.0. The van der Waals surface area contributed by atoms with Gasteiger partial charge < -0.3 is 4.74 Å². The van der Waals surface area contributed by atoms with Gasteiger partial charge in [0.25, 0.3) is 6.43 Å². The number of amides is 1. The quantitative estimate of drug-likeness (QED) is 0.381. The molecule has 0 saturated heterocycles. The fraction of sp³-hybridized carbons (Fsp3) is 0.682. The number of alkyl halides is 2. The average molecular weight is 423 g/mol. The molecule has 30 heavy (non-hydrogen) atoms. The Labute approximate surface area is 177 Å². The standard InChI is InChI=1S/C22H32F2N4O2/c1-22(2,3)30-21(29)26-18-15-28(27-19(18)20(23)24)17-12-10-16(11-13-17)9-7-5-4-6-8-14-25/h7,9,15-17,20H,4-6,8,10-13H2,1-3H3,(H,26,29)/b9-7+. The van der Waals surface area contributed by atoms with Crippen LogP contribution < -0.4 is 5.32 Å². The lowest BCUT2D eigenvalue weighted by Crippen LogP contribution is -2.27. The van der Waals surface area contributed by atoms with Crippen molar-refractivity contribution < 1.29 is 18.3 Å². The highest BCUT2D eigenvalue weighted by atomic mass is 19.3. The van der Waals surface area contributed by atoms with Gasteiger partial charge in [-0.15, -0.1) is 0 Å². The number of halogens is 2. The highest BCUT2D eigenvalue weighted by Crippen LogP contribution is 2.35. The van der Waals surface area contributed by atoms with Crippen LogP contribution in [0.5, 0.6) is 0 Å². The second-order valence-electron chi connectivity index (χ2n) is 8.74. The third kappa shape index (κ3) is 7.77. The Morgan fingerprint density at radius 1 is 1.37 bits per heavy atom. The minimum atomic E-state index is -2.78. The highest BCUT2D eigenvalue weighted by Gasteiger charge is 2.27. The third-order valence-corrected chi connectivity index (χ3v) is 5.04. The number of hydrogen-bond donors (Lipinski definition) is 1. The van der Waals surface area contributed by atoms with E-state index >= 15 is 0 Å². The van der Waals surface area contributed by atoms with Crippen molar-refractivity contribution >= 4 is 11.8 Å². The van der Waals surface area contributed by atoms with Gasteiger partial charge in [-0.3, -0.25) is 10.00 Å². The zero-order valence-corrected chi connectivity index (χ0v) is 18.0. The number of carbonyl (C=O) groups excluding carboxylic acids is 1. The molecule has 1 heterocycles. The predicted octanol–water partition coefficient (Wildman–Crippen LogP) is 6.54. The molecule has 6 nitrogen and oxygen atoms in total. The van der Waals surface area contributed by atoms with Crippen molar-refractivity contribution in [3.8, 4) is 6.07 Å². The molecule has 0 bridgehead atoms. The summed E-state index contributed by atoms with van der Waals surface area (Å²) in [5, 5.41) is 15.0. The van der Waals surface area contributed by atoms with E-state index in [-0.39, 0.29) is 11.7 Å². The fourth-order valence-electron chi connectivity index (χ4n) is 3.58. The number of rotatable bonds is 8.